The number of ether oxygens (including phenoxy) is 1. The van der Waals surface area contributed by atoms with E-state index in [0.717, 1.165) is 11.3 Å². The van der Waals surface area contributed by atoms with E-state index in [0.29, 0.717) is 17.9 Å². The molecule has 0 aliphatic rings. The van der Waals surface area contributed by atoms with Crippen molar-refractivity contribution in [1.29, 1.82) is 0 Å². The zero-order valence-corrected chi connectivity index (χ0v) is 14.2. The van der Waals surface area contributed by atoms with Crippen molar-refractivity contribution in [1.82, 2.24) is 35.0 Å². The zero-order valence-electron chi connectivity index (χ0n) is 14.2. The largest absolute Gasteiger partial charge is 0.454 e. The Balaban J connectivity index is 1.39. The van der Waals surface area contributed by atoms with E-state index in [2.05, 4.69) is 25.6 Å². The number of carbonyl (C=O) groups is 1. The van der Waals surface area contributed by atoms with Crippen LogP contribution in [0.2, 0.25) is 0 Å². The maximum absolute atomic E-state index is 12.3. The lowest BCUT2D eigenvalue weighted by atomic mass is 10.1. The van der Waals surface area contributed by atoms with E-state index in [9.17, 15) is 4.79 Å². The Morgan fingerprint density at radius 1 is 1.04 bits per heavy atom. The van der Waals surface area contributed by atoms with Gasteiger partial charge in [0.05, 0.1) is 17.8 Å². The molecule has 4 rings (SSSR count). The lowest BCUT2D eigenvalue weighted by molar-refractivity contribution is 0.0459. The van der Waals surface area contributed by atoms with Gasteiger partial charge in [-0.3, -0.25) is 0 Å². The van der Waals surface area contributed by atoms with Crippen LogP contribution in [0.1, 0.15) is 21.7 Å². The normalized spacial score (nSPS) is 10.7. The molecule has 2 heterocycles. The quantitative estimate of drug-likeness (QED) is 0.481. The predicted molar refractivity (Wildman–Crippen MR) is 93.8 cm³/mol. The number of carbonyl (C=O) groups excluding carboxylic acids is 1. The zero-order chi connectivity index (χ0) is 18.5. The number of hydrogen-bond acceptors (Lipinski definition) is 7. The Morgan fingerprint density at radius 3 is 2.59 bits per heavy atom. The molecule has 0 amide bonds. The molecule has 0 unspecified atom stereocenters. The van der Waals surface area contributed by atoms with Gasteiger partial charge in [-0.15, -0.1) is 5.10 Å². The van der Waals surface area contributed by atoms with Crippen LogP contribution in [0.3, 0.4) is 0 Å². The molecule has 2 aromatic carbocycles. The summed E-state index contributed by atoms with van der Waals surface area (Å²) < 4.78 is 8.59. The van der Waals surface area contributed by atoms with E-state index in [-0.39, 0.29) is 6.61 Å². The van der Waals surface area contributed by atoms with Crippen molar-refractivity contribution in [3.63, 3.8) is 0 Å². The molecule has 0 saturated carbocycles. The molecule has 0 aliphatic heterocycles. The molecule has 2 aromatic heterocycles. The Hall–Kier alpha value is -3.88. The van der Waals surface area contributed by atoms with Crippen LogP contribution in [-0.2, 0) is 17.9 Å². The monoisotopic (exact) mass is 361 g/mol. The minimum absolute atomic E-state index is 0.0264. The maximum Gasteiger partial charge on any atom is 0.338 e. The summed E-state index contributed by atoms with van der Waals surface area (Å²) in [5.41, 5.74) is 2.26. The molecule has 9 heteroatoms. The first-order valence-corrected chi connectivity index (χ1v) is 8.21. The van der Waals surface area contributed by atoms with Crippen LogP contribution in [-0.4, -0.2) is 40.9 Å². The molecule has 0 radical (unpaired) electrons. The summed E-state index contributed by atoms with van der Waals surface area (Å²) in [5.74, 6) is 0.00210. The minimum atomic E-state index is -0.440. The van der Waals surface area contributed by atoms with Crippen LogP contribution in [0.25, 0.3) is 5.69 Å². The average molecular weight is 361 g/mol. The second-order valence-electron chi connectivity index (χ2n) is 5.71. The molecule has 0 N–H and O–H groups in total. The highest BCUT2D eigenvalue weighted by molar-refractivity contribution is 5.89. The van der Waals surface area contributed by atoms with Crippen molar-refractivity contribution in [2.75, 3.05) is 0 Å². The van der Waals surface area contributed by atoms with Crippen molar-refractivity contribution < 1.29 is 9.53 Å². The second-order valence-corrected chi connectivity index (χ2v) is 5.71. The lowest BCUT2D eigenvalue weighted by Crippen LogP contribution is -2.10. The molecule has 0 atom stereocenters. The van der Waals surface area contributed by atoms with E-state index in [1.807, 2.05) is 42.5 Å². The smallest absolute Gasteiger partial charge is 0.338 e. The van der Waals surface area contributed by atoms with Gasteiger partial charge < -0.3 is 4.74 Å². The van der Waals surface area contributed by atoms with Gasteiger partial charge in [-0.25, -0.2) is 14.5 Å². The van der Waals surface area contributed by atoms with Crippen molar-refractivity contribution in [2.45, 2.75) is 13.2 Å². The second kappa shape index (κ2) is 7.56. The number of rotatable bonds is 6. The topological polar surface area (TPSA) is 101 Å². The van der Waals surface area contributed by atoms with Crippen LogP contribution in [0.15, 0.2) is 67.3 Å². The van der Waals surface area contributed by atoms with Crippen molar-refractivity contribution in [3.05, 3.63) is 84.2 Å². The van der Waals surface area contributed by atoms with Gasteiger partial charge >= 0.3 is 5.97 Å². The third kappa shape index (κ3) is 3.87. The first-order valence-electron chi connectivity index (χ1n) is 8.21. The molecule has 0 saturated heterocycles. The van der Waals surface area contributed by atoms with Gasteiger partial charge in [0, 0.05) is 0 Å². The van der Waals surface area contributed by atoms with Gasteiger partial charge in [-0.05, 0) is 40.3 Å². The van der Waals surface area contributed by atoms with Gasteiger partial charge in [-0.1, -0.05) is 30.3 Å². The molecule has 134 valence electrons. The van der Waals surface area contributed by atoms with Crippen LogP contribution in [0, 0.1) is 0 Å². The number of aromatic nitrogens is 7. The molecule has 9 nitrogen and oxygen atoms in total. The summed E-state index contributed by atoms with van der Waals surface area (Å²) in [5, 5.41) is 15.6. The van der Waals surface area contributed by atoms with Crippen LogP contribution in [0.5, 0.6) is 0 Å². The van der Waals surface area contributed by atoms with E-state index < -0.39 is 5.97 Å². The Morgan fingerprint density at radius 2 is 1.85 bits per heavy atom. The first-order chi connectivity index (χ1) is 13.3. The predicted octanol–water partition coefficient (Wildman–Crippen LogP) is 1.66. The molecular weight excluding hydrogens is 346 g/mol. The average Bonchev–Trinajstić information content (AvgIpc) is 3.39. The third-order valence-corrected chi connectivity index (χ3v) is 3.87. The lowest BCUT2D eigenvalue weighted by Gasteiger charge is -2.07. The summed E-state index contributed by atoms with van der Waals surface area (Å²) in [6.45, 7) is 0.558. The van der Waals surface area contributed by atoms with Crippen LogP contribution in [0.4, 0.5) is 0 Å². The third-order valence-electron chi connectivity index (χ3n) is 3.87. The number of benzene rings is 2. The van der Waals surface area contributed by atoms with E-state index in [4.69, 9.17) is 4.74 Å². The molecule has 27 heavy (non-hydrogen) atoms. The van der Waals surface area contributed by atoms with Gasteiger partial charge in [0.15, 0.2) is 12.4 Å². The van der Waals surface area contributed by atoms with Gasteiger partial charge in [0.2, 0.25) is 0 Å². The van der Waals surface area contributed by atoms with Crippen molar-refractivity contribution in [3.8, 4) is 5.69 Å². The maximum atomic E-state index is 12.3. The van der Waals surface area contributed by atoms with Gasteiger partial charge in [-0.2, -0.15) is 9.78 Å². The summed E-state index contributed by atoms with van der Waals surface area (Å²) >= 11 is 0. The molecule has 0 bridgehead atoms. The first kappa shape index (κ1) is 16.6. The number of esters is 1. The fourth-order valence-electron chi connectivity index (χ4n) is 2.53. The SMILES string of the molecule is O=C(OCc1nnnn1-c1ccccc1)c1ccc(Cn2cncn2)cc1. The molecular formula is C18H15N7O2. The Kier molecular flexibility index (Phi) is 4.64. The molecule has 0 aliphatic carbocycles. The fourth-order valence-corrected chi connectivity index (χ4v) is 2.53. The molecule has 4 aromatic rings. The number of tetrazole rings is 1. The van der Waals surface area contributed by atoms with Gasteiger partial charge in [0.1, 0.15) is 12.7 Å². The highest BCUT2D eigenvalue weighted by Gasteiger charge is 2.12. The Bertz CT molecular complexity index is 1010. The fraction of sp³-hybridized carbons (Fsp3) is 0.111. The standard InChI is InChI=1S/C18H15N7O2/c26-18(15-8-6-14(7-9-15)10-24-13-19-12-20-24)27-11-17-21-22-23-25(17)16-4-2-1-3-5-16/h1-9,12-13H,10-11H2. The van der Waals surface area contributed by atoms with Crippen molar-refractivity contribution >= 4 is 5.97 Å². The van der Waals surface area contributed by atoms with Crippen molar-refractivity contribution in [2.24, 2.45) is 0 Å². The van der Waals surface area contributed by atoms with Crippen LogP contribution >= 0.6 is 0 Å². The summed E-state index contributed by atoms with van der Waals surface area (Å²) in [6, 6.07) is 16.6. The van der Waals surface area contributed by atoms with E-state index in [1.54, 1.807) is 23.1 Å². The van der Waals surface area contributed by atoms with Gasteiger partial charge in [0.25, 0.3) is 0 Å². The molecule has 0 fully saturated rings. The van der Waals surface area contributed by atoms with Crippen LogP contribution < -0.4 is 0 Å². The number of para-hydroxylation sites is 1. The molecule has 0 spiro atoms. The summed E-state index contributed by atoms with van der Waals surface area (Å²) in [4.78, 5) is 16.2. The highest BCUT2D eigenvalue weighted by atomic mass is 16.5. The number of hydrogen-bond donors (Lipinski definition) is 0. The minimum Gasteiger partial charge on any atom is -0.454 e. The highest BCUT2D eigenvalue weighted by Crippen LogP contribution is 2.11. The number of nitrogens with zero attached hydrogens (tertiary/aromatic N) is 7. The van der Waals surface area contributed by atoms with E-state index in [1.165, 1.54) is 11.0 Å². The Labute approximate surface area is 154 Å². The summed E-state index contributed by atoms with van der Waals surface area (Å²) in [6.07, 6.45) is 3.12. The summed E-state index contributed by atoms with van der Waals surface area (Å²) in [7, 11) is 0. The van der Waals surface area contributed by atoms with E-state index >= 15 is 0 Å².